The maximum absolute atomic E-state index is 12.6. The molecule has 0 aliphatic heterocycles. The van der Waals surface area contributed by atoms with Gasteiger partial charge in [-0.25, -0.2) is 0 Å². The Morgan fingerprint density at radius 3 is 2.70 bits per heavy atom. The largest absolute Gasteiger partial charge is 0.396 e. The van der Waals surface area contributed by atoms with Crippen LogP contribution in [-0.2, 0) is 7.05 Å². The summed E-state index contributed by atoms with van der Waals surface area (Å²) in [6.45, 7) is 0.309. The molecular formula is C14H15N5O. The Hall–Kier alpha value is -2.81. The molecule has 0 unspecified atom stereocenters. The maximum Gasteiger partial charge on any atom is 0.278 e. The van der Waals surface area contributed by atoms with Crippen LogP contribution in [0.1, 0.15) is 16.9 Å². The highest BCUT2D eigenvalue weighted by molar-refractivity contribution is 6.08. The van der Waals surface area contributed by atoms with Crippen LogP contribution in [0.2, 0.25) is 0 Å². The van der Waals surface area contributed by atoms with Crippen molar-refractivity contribution in [3.8, 4) is 6.07 Å². The van der Waals surface area contributed by atoms with Gasteiger partial charge in [-0.3, -0.25) is 9.48 Å². The van der Waals surface area contributed by atoms with E-state index in [-0.39, 0.29) is 12.3 Å². The molecule has 0 saturated heterocycles. The molecule has 6 nitrogen and oxygen atoms in total. The van der Waals surface area contributed by atoms with Crippen molar-refractivity contribution in [2.45, 2.75) is 6.42 Å². The first-order chi connectivity index (χ1) is 9.65. The Morgan fingerprint density at radius 1 is 1.45 bits per heavy atom. The molecule has 0 radical (unpaired) electrons. The number of hydrogen-bond acceptors (Lipinski definition) is 4. The first-order valence-electron chi connectivity index (χ1n) is 6.16. The molecule has 0 bridgehead atoms. The lowest BCUT2D eigenvalue weighted by Crippen LogP contribution is -2.33. The number of nitrogens with two attached hydrogens (primary N) is 1. The van der Waals surface area contributed by atoms with Crippen molar-refractivity contribution in [3.05, 3.63) is 42.2 Å². The van der Waals surface area contributed by atoms with E-state index in [0.717, 1.165) is 5.69 Å². The number of nitrogen functional groups attached to an aromatic ring is 1. The molecule has 2 aromatic rings. The van der Waals surface area contributed by atoms with Gasteiger partial charge in [0.05, 0.1) is 24.4 Å². The van der Waals surface area contributed by atoms with Gasteiger partial charge in [0, 0.05) is 19.3 Å². The van der Waals surface area contributed by atoms with E-state index < -0.39 is 0 Å². The fraction of sp³-hybridized carbons (Fsp3) is 0.214. The molecule has 2 N–H and O–H groups in total. The lowest BCUT2D eigenvalue weighted by Gasteiger charge is -2.22. The number of benzene rings is 1. The highest BCUT2D eigenvalue weighted by Crippen LogP contribution is 2.19. The molecule has 6 heteroatoms. The van der Waals surface area contributed by atoms with Gasteiger partial charge in [-0.15, -0.1) is 0 Å². The number of nitriles is 1. The van der Waals surface area contributed by atoms with Crippen LogP contribution in [0.5, 0.6) is 0 Å². The van der Waals surface area contributed by atoms with E-state index in [1.807, 2.05) is 36.4 Å². The minimum absolute atomic E-state index is 0.248. The lowest BCUT2D eigenvalue weighted by molar-refractivity contribution is 0.0979. The number of aromatic nitrogens is 2. The van der Waals surface area contributed by atoms with Gasteiger partial charge in [-0.05, 0) is 12.1 Å². The van der Waals surface area contributed by atoms with E-state index in [4.69, 9.17) is 11.0 Å². The molecule has 0 fully saturated rings. The van der Waals surface area contributed by atoms with Crippen molar-refractivity contribution >= 4 is 17.3 Å². The first-order valence-corrected chi connectivity index (χ1v) is 6.16. The Bertz CT molecular complexity index is 622. The lowest BCUT2D eigenvalue weighted by atomic mass is 10.2. The van der Waals surface area contributed by atoms with Crippen LogP contribution in [0.25, 0.3) is 0 Å². The van der Waals surface area contributed by atoms with E-state index >= 15 is 0 Å². The van der Waals surface area contributed by atoms with Crippen LogP contribution in [-0.4, -0.2) is 22.2 Å². The molecule has 0 aliphatic carbocycles. The molecule has 1 aromatic carbocycles. The summed E-state index contributed by atoms with van der Waals surface area (Å²) in [5.74, 6) is -0.260. The molecule has 102 valence electrons. The zero-order valence-electron chi connectivity index (χ0n) is 11.2. The maximum atomic E-state index is 12.6. The number of rotatable bonds is 4. The molecular weight excluding hydrogens is 254 g/mol. The SMILES string of the molecule is Cn1ncc(N)c1C(=O)N(CCC#N)c1ccccc1. The van der Waals surface area contributed by atoms with Crippen molar-refractivity contribution in [2.75, 3.05) is 17.2 Å². The minimum atomic E-state index is -0.260. The summed E-state index contributed by atoms with van der Waals surface area (Å²) in [6.07, 6.45) is 1.69. The quantitative estimate of drug-likeness (QED) is 0.912. The summed E-state index contributed by atoms with van der Waals surface area (Å²) < 4.78 is 1.44. The van der Waals surface area contributed by atoms with E-state index in [1.165, 1.54) is 15.8 Å². The number of para-hydroxylation sites is 1. The summed E-state index contributed by atoms with van der Waals surface area (Å²) in [6, 6.07) is 11.2. The second-order valence-electron chi connectivity index (χ2n) is 4.27. The van der Waals surface area contributed by atoms with Crippen LogP contribution in [0.15, 0.2) is 36.5 Å². The number of amides is 1. The van der Waals surface area contributed by atoms with Crippen molar-refractivity contribution < 1.29 is 4.79 Å². The average Bonchev–Trinajstić information content (AvgIpc) is 2.79. The van der Waals surface area contributed by atoms with Crippen LogP contribution in [0.3, 0.4) is 0 Å². The van der Waals surface area contributed by atoms with Gasteiger partial charge < -0.3 is 10.6 Å². The number of hydrogen-bond donors (Lipinski definition) is 1. The molecule has 20 heavy (non-hydrogen) atoms. The molecule has 1 heterocycles. The molecule has 0 saturated carbocycles. The Morgan fingerprint density at radius 2 is 2.15 bits per heavy atom. The second kappa shape index (κ2) is 5.89. The highest BCUT2D eigenvalue weighted by Gasteiger charge is 2.22. The van der Waals surface area contributed by atoms with E-state index in [0.29, 0.717) is 17.9 Å². The zero-order valence-corrected chi connectivity index (χ0v) is 11.2. The van der Waals surface area contributed by atoms with Gasteiger partial charge in [-0.2, -0.15) is 10.4 Å². The monoisotopic (exact) mass is 269 g/mol. The van der Waals surface area contributed by atoms with Crippen LogP contribution < -0.4 is 10.6 Å². The number of nitrogens with zero attached hydrogens (tertiary/aromatic N) is 4. The second-order valence-corrected chi connectivity index (χ2v) is 4.27. The molecule has 0 spiro atoms. The zero-order chi connectivity index (χ0) is 14.5. The predicted molar refractivity (Wildman–Crippen MR) is 76.0 cm³/mol. The first kappa shape index (κ1) is 13.6. The standard InChI is InChI=1S/C14H15N5O/c1-18-13(12(16)10-17-18)14(20)19(9-5-8-15)11-6-3-2-4-7-11/h2-4,6-7,10H,5,9,16H2,1H3. The van der Waals surface area contributed by atoms with Crippen molar-refractivity contribution in [1.82, 2.24) is 9.78 Å². The predicted octanol–water partition coefficient (Wildman–Crippen LogP) is 1.56. The van der Waals surface area contributed by atoms with Crippen molar-refractivity contribution in [1.29, 1.82) is 5.26 Å². The molecule has 1 amide bonds. The van der Waals surface area contributed by atoms with Gasteiger partial charge >= 0.3 is 0 Å². The van der Waals surface area contributed by atoms with Crippen molar-refractivity contribution in [3.63, 3.8) is 0 Å². The molecule has 0 aliphatic rings. The van der Waals surface area contributed by atoms with Crippen LogP contribution in [0.4, 0.5) is 11.4 Å². The third-order valence-corrected chi connectivity index (χ3v) is 2.93. The summed E-state index contributed by atoms with van der Waals surface area (Å²) in [5, 5.41) is 12.7. The number of aryl methyl sites for hydroxylation is 1. The van der Waals surface area contributed by atoms with Crippen LogP contribution >= 0.6 is 0 Å². The fourth-order valence-corrected chi connectivity index (χ4v) is 1.96. The smallest absolute Gasteiger partial charge is 0.278 e. The Labute approximate surface area is 117 Å². The number of carbonyl (C=O) groups is 1. The number of carbonyl (C=O) groups excluding carboxylic acids is 1. The van der Waals surface area contributed by atoms with E-state index in [1.54, 1.807) is 7.05 Å². The van der Waals surface area contributed by atoms with Crippen LogP contribution in [0, 0.1) is 11.3 Å². The number of anilines is 2. The van der Waals surface area contributed by atoms with E-state index in [9.17, 15) is 4.79 Å². The molecule has 1 aromatic heterocycles. The Kier molecular flexibility index (Phi) is 4.01. The van der Waals surface area contributed by atoms with E-state index in [2.05, 4.69) is 5.10 Å². The summed E-state index contributed by atoms with van der Waals surface area (Å²) in [5.41, 5.74) is 7.18. The third kappa shape index (κ3) is 2.62. The van der Waals surface area contributed by atoms with Crippen molar-refractivity contribution in [2.24, 2.45) is 7.05 Å². The Balaban J connectivity index is 2.37. The summed E-state index contributed by atoms with van der Waals surface area (Å²) in [7, 11) is 1.66. The van der Waals surface area contributed by atoms with Gasteiger partial charge in [-0.1, -0.05) is 18.2 Å². The molecule has 2 rings (SSSR count). The average molecular weight is 269 g/mol. The topological polar surface area (TPSA) is 87.9 Å². The highest BCUT2D eigenvalue weighted by atomic mass is 16.2. The van der Waals surface area contributed by atoms with Gasteiger partial charge in [0.15, 0.2) is 0 Å². The minimum Gasteiger partial charge on any atom is -0.396 e. The summed E-state index contributed by atoms with van der Waals surface area (Å²) in [4.78, 5) is 14.2. The van der Waals surface area contributed by atoms with Gasteiger partial charge in [0.2, 0.25) is 0 Å². The normalized spacial score (nSPS) is 10.0. The summed E-state index contributed by atoms with van der Waals surface area (Å²) >= 11 is 0. The fourth-order valence-electron chi connectivity index (χ4n) is 1.96. The third-order valence-electron chi connectivity index (χ3n) is 2.93. The molecule has 0 atom stereocenters. The van der Waals surface area contributed by atoms with Gasteiger partial charge in [0.1, 0.15) is 5.69 Å². The van der Waals surface area contributed by atoms with Gasteiger partial charge in [0.25, 0.3) is 5.91 Å².